The van der Waals surface area contributed by atoms with Crippen LogP contribution in [0.5, 0.6) is 0 Å². The molecule has 1 fully saturated rings. The van der Waals surface area contributed by atoms with E-state index < -0.39 is 9.84 Å². The van der Waals surface area contributed by atoms with E-state index in [0.717, 1.165) is 18.5 Å². The van der Waals surface area contributed by atoms with Crippen LogP contribution in [0.4, 0.5) is 0 Å². The fraction of sp³-hybridized carbons (Fsp3) is 0.769. The molecule has 0 saturated carbocycles. The van der Waals surface area contributed by atoms with Gasteiger partial charge in [-0.2, -0.15) is 5.10 Å². The molecule has 2 unspecified atom stereocenters. The molecule has 0 bridgehead atoms. The average Bonchev–Trinajstić information content (AvgIpc) is 2.92. The Morgan fingerprint density at radius 3 is 2.74 bits per heavy atom. The van der Waals surface area contributed by atoms with Crippen molar-refractivity contribution in [2.45, 2.75) is 38.8 Å². The third-order valence-corrected chi connectivity index (χ3v) is 5.62. The maximum Gasteiger partial charge on any atom is 0.150 e. The molecule has 0 radical (unpaired) electrons. The Kier molecular flexibility index (Phi) is 4.30. The van der Waals surface area contributed by atoms with E-state index in [9.17, 15) is 8.42 Å². The first-order valence-corrected chi connectivity index (χ1v) is 8.65. The van der Waals surface area contributed by atoms with E-state index in [4.69, 9.17) is 0 Å². The molecule has 2 atom stereocenters. The number of sulfone groups is 1. The van der Waals surface area contributed by atoms with E-state index in [1.165, 1.54) is 0 Å². The van der Waals surface area contributed by atoms with Gasteiger partial charge in [0, 0.05) is 24.7 Å². The second-order valence-electron chi connectivity index (χ2n) is 5.64. The Hall–Kier alpha value is -0.880. The van der Waals surface area contributed by atoms with Gasteiger partial charge in [-0.15, -0.1) is 0 Å². The van der Waals surface area contributed by atoms with Gasteiger partial charge in [-0.25, -0.2) is 8.42 Å². The lowest BCUT2D eigenvalue weighted by Crippen LogP contribution is -2.36. The second-order valence-corrected chi connectivity index (χ2v) is 7.87. The largest absolute Gasteiger partial charge is 0.316 e. The molecule has 1 saturated heterocycles. The smallest absolute Gasteiger partial charge is 0.150 e. The minimum Gasteiger partial charge on any atom is -0.316 e. The van der Waals surface area contributed by atoms with Crippen LogP contribution in [0.2, 0.25) is 0 Å². The molecule has 1 aromatic rings. The van der Waals surface area contributed by atoms with Gasteiger partial charge in [0.2, 0.25) is 0 Å². The molecule has 5 nitrogen and oxygen atoms in total. The summed E-state index contributed by atoms with van der Waals surface area (Å²) in [6.07, 6.45) is 3.53. The van der Waals surface area contributed by atoms with Crippen molar-refractivity contribution in [3.8, 4) is 0 Å². The summed E-state index contributed by atoms with van der Waals surface area (Å²) in [7, 11) is -0.919. The van der Waals surface area contributed by atoms with Gasteiger partial charge in [0.05, 0.1) is 17.2 Å². The molecule has 0 aliphatic carbocycles. The Morgan fingerprint density at radius 1 is 1.53 bits per heavy atom. The molecule has 6 heteroatoms. The van der Waals surface area contributed by atoms with Crippen LogP contribution in [0.15, 0.2) is 12.3 Å². The van der Waals surface area contributed by atoms with Crippen molar-refractivity contribution in [2.24, 2.45) is 5.92 Å². The first-order valence-electron chi connectivity index (χ1n) is 6.83. The van der Waals surface area contributed by atoms with Gasteiger partial charge in [0.15, 0.2) is 9.84 Å². The van der Waals surface area contributed by atoms with Gasteiger partial charge in [0.25, 0.3) is 0 Å². The fourth-order valence-corrected chi connectivity index (χ4v) is 4.52. The first kappa shape index (κ1) is 14.5. The summed E-state index contributed by atoms with van der Waals surface area (Å²) in [5, 5.41) is 7.79. The Morgan fingerprint density at radius 2 is 2.26 bits per heavy atom. The van der Waals surface area contributed by atoms with Crippen molar-refractivity contribution in [1.29, 1.82) is 0 Å². The summed E-state index contributed by atoms with van der Waals surface area (Å²) < 4.78 is 25.1. The summed E-state index contributed by atoms with van der Waals surface area (Å²) in [5.41, 5.74) is 1.03. The lowest BCUT2D eigenvalue weighted by atomic mass is 9.95. The summed E-state index contributed by atoms with van der Waals surface area (Å²) in [4.78, 5) is 0. The highest BCUT2D eigenvalue weighted by atomic mass is 32.2. The Bertz CT molecular complexity index is 522. The van der Waals surface area contributed by atoms with Crippen LogP contribution in [-0.4, -0.2) is 42.8 Å². The van der Waals surface area contributed by atoms with Crippen molar-refractivity contribution in [2.75, 3.05) is 18.6 Å². The van der Waals surface area contributed by atoms with Crippen LogP contribution in [0.1, 0.15) is 32.0 Å². The molecular formula is C13H23N3O2S. The van der Waals surface area contributed by atoms with E-state index in [1.54, 1.807) is 0 Å². The van der Waals surface area contributed by atoms with E-state index >= 15 is 0 Å². The van der Waals surface area contributed by atoms with Crippen LogP contribution in [0.25, 0.3) is 0 Å². The molecule has 19 heavy (non-hydrogen) atoms. The van der Waals surface area contributed by atoms with Crippen molar-refractivity contribution in [3.05, 3.63) is 18.0 Å². The van der Waals surface area contributed by atoms with Crippen molar-refractivity contribution < 1.29 is 8.42 Å². The molecule has 1 aromatic heterocycles. The normalized spacial score (nSPS) is 23.9. The average molecular weight is 285 g/mol. The molecule has 1 N–H and O–H groups in total. The molecule has 2 heterocycles. The Labute approximate surface area is 115 Å². The van der Waals surface area contributed by atoms with Gasteiger partial charge in [-0.05, 0) is 39.3 Å². The molecule has 108 valence electrons. The minimum absolute atomic E-state index is 0.188. The maximum absolute atomic E-state index is 11.6. The number of hydrogen-bond acceptors (Lipinski definition) is 4. The topological polar surface area (TPSA) is 64.0 Å². The third-order valence-electron chi connectivity index (χ3n) is 3.83. The zero-order valence-corrected chi connectivity index (χ0v) is 12.7. The summed E-state index contributed by atoms with van der Waals surface area (Å²) in [6, 6.07) is 2.56. The zero-order valence-electron chi connectivity index (χ0n) is 11.8. The molecule has 0 amide bonds. The maximum atomic E-state index is 11.6. The number of aromatic nitrogens is 2. The van der Waals surface area contributed by atoms with Crippen LogP contribution in [0, 0.1) is 5.92 Å². The number of hydrogen-bond donors (Lipinski definition) is 1. The predicted molar refractivity (Wildman–Crippen MR) is 75.9 cm³/mol. The molecule has 0 aromatic carbocycles. The predicted octanol–water partition coefficient (Wildman–Crippen LogP) is 1.03. The quantitative estimate of drug-likeness (QED) is 0.877. The highest BCUT2D eigenvalue weighted by molar-refractivity contribution is 7.91. The van der Waals surface area contributed by atoms with Crippen LogP contribution >= 0.6 is 0 Å². The van der Waals surface area contributed by atoms with Crippen LogP contribution in [-0.2, 0) is 16.3 Å². The van der Waals surface area contributed by atoms with E-state index in [1.807, 2.05) is 24.0 Å². The van der Waals surface area contributed by atoms with Crippen molar-refractivity contribution in [3.63, 3.8) is 0 Å². The Balaban J connectivity index is 2.02. The van der Waals surface area contributed by atoms with Gasteiger partial charge in [-0.3, -0.25) is 4.68 Å². The summed E-state index contributed by atoms with van der Waals surface area (Å²) in [6.45, 7) is 4.19. The fourth-order valence-electron chi connectivity index (χ4n) is 2.64. The monoisotopic (exact) mass is 285 g/mol. The highest BCUT2D eigenvalue weighted by Crippen LogP contribution is 2.23. The molecule has 1 aliphatic heterocycles. The second kappa shape index (κ2) is 5.63. The van der Waals surface area contributed by atoms with Crippen LogP contribution in [0.3, 0.4) is 0 Å². The molecule has 2 rings (SSSR count). The molecule has 1 aliphatic rings. The van der Waals surface area contributed by atoms with Crippen molar-refractivity contribution in [1.82, 2.24) is 15.1 Å². The van der Waals surface area contributed by atoms with Crippen LogP contribution < -0.4 is 5.32 Å². The van der Waals surface area contributed by atoms with Gasteiger partial charge in [-0.1, -0.05) is 0 Å². The van der Waals surface area contributed by atoms with Gasteiger partial charge >= 0.3 is 0 Å². The third kappa shape index (κ3) is 3.57. The summed E-state index contributed by atoms with van der Waals surface area (Å²) in [5.74, 6) is 0.846. The molecular weight excluding hydrogens is 262 g/mol. The summed E-state index contributed by atoms with van der Waals surface area (Å²) >= 11 is 0. The van der Waals surface area contributed by atoms with Gasteiger partial charge in [0.1, 0.15) is 0 Å². The van der Waals surface area contributed by atoms with E-state index in [0.29, 0.717) is 17.5 Å². The van der Waals surface area contributed by atoms with Gasteiger partial charge < -0.3 is 5.32 Å². The van der Waals surface area contributed by atoms with E-state index in [2.05, 4.69) is 24.3 Å². The molecule has 0 spiro atoms. The first-order chi connectivity index (χ1) is 8.91. The van der Waals surface area contributed by atoms with E-state index in [-0.39, 0.29) is 12.0 Å². The lowest BCUT2D eigenvalue weighted by molar-refractivity contribution is 0.397. The SMILES string of the molecule is CNC(Cc1ccn(C(C)C)n1)C1CCS(=O)(=O)C1. The number of likely N-dealkylation sites (N-methyl/N-ethyl adjacent to an activating group) is 1. The highest BCUT2D eigenvalue weighted by Gasteiger charge is 2.33. The standard InChI is InChI=1S/C13H23N3O2S/c1-10(2)16-6-4-12(15-16)8-13(14-3)11-5-7-19(17,18)9-11/h4,6,10-11,13-14H,5,7-9H2,1-3H3. The lowest BCUT2D eigenvalue weighted by Gasteiger charge is -2.21. The minimum atomic E-state index is -2.82. The number of nitrogens with zero attached hydrogens (tertiary/aromatic N) is 2. The zero-order chi connectivity index (χ0) is 14.0. The number of nitrogens with one attached hydrogen (secondary N) is 1. The van der Waals surface area contributed by atoms with Crippen molar-refractivity contribution >= 4 is 9.84 Å². The number of rotatable bonds is 5.